The van der Waals surface area contributed by atoms with E-state index in [-0.39, 0.29) is 11.7 Å². The van der Waals surface area contributed by atoms with E-state index in [9.17, 15) is 9.90 Å². The van der Waals surface area contributed by atoms with Gasteiger partial charge in [-0.1, -0.05) is 11.6 Å². The van der Waals surface area contributed by atoms with Gasteiger partial charge in [-0.3, -0.25) is 4.79 Å². The van der Waals surface area contributed by atoms with Gasteiger partial charge in [0.2, 0.25) is 5.91 Å². The van der Waals surface area contributed by atoms with Crippen LogP contribution in [0.2, 0.25) is 5.02 Å². The molecule has 1 amide bonds. The average Bonchev–Trinajstić information content (AvgIpc) is 2.87. The summed E-state index contributed by atoms with van der Waals surface area (Å²) in [6.45, 7) is 0.794. The Morgan fingerprint density at radius 1 is 1.32 bits per heavy atom. The molecule has 0 aliphatic carbocycles. The molecule has 0 aliphatic rings. The van der Waals surface area contributed by atoms with Crippen molar-refractivity contribution in [3.05, 3.63) is 47.7 Å². The second kappa shape index (κ2) is 6.29. The number of benzene rings is 1. The monoisotopic (exact) mass is 278 g/mol. The number of aryl methyl sites for hydroxylation is 1. The SMILES string of the molecule is O=C(CCCn1cccc1)Nc1cc(Cl)ccc1O. The zero-order chi connectivity index (χ0) is 13.7. The predicted octanol–water partition coefficient (Wildman–Crippen LogP) is 3.27. The molecule has 0 saturated carbocycles. The van der Waals surface area contributed by atoms with Gasteiger partial charge in [-0.25, -0.2) is 0 Å². The molecule has 1 heterocycles. The van der Waals surface area contributed by atoms with E-state index in [1.54, 1.807) is 6.07 Å². The second-order valence-corrected chi connectivity index (χ2v) is 4.67. The van der Waals surface area contributed by atoms with Crippen LogP contribution in [0.15, 0.2) is 42.7 Å². The summed E-state index contributed by atoms with van der Waals surface area (Å²) in [6.07, 6.45) is 5.05. The van der Waals surface area contributed by atoms with Crippen molar-refractivity contribution in [3.8, 4) is 5.75 Å². The number of aromatic nitrogens is 1. The lowest BCUT2D eigenvalue weighted by atomic mass is 10.2. The van der Waals surface area contributed by atoms with Crippen molar-refractivity contribution in [1.82, 2.24) is 4.57 Å². The number of hydrogen-bond donors (Lipinski definition) is 2. The van der Waals surface area contributed by atoms with Gasteiger partial charge in [-0.05, 0) is 36.8 Å². The fourth-order valence-corrected chi connectivity index (χ4v) is 1.93. The van der Waals surface area contributed by atoms with Gasteiger partial charge in [-0.2, -0.15) is 0 Å². The third-order valence-electron chi connectivity index (χ3n) is 2.72. The molecule has 1 aromatic heterocycles. The first-order valence-corrected chi connectivity index (χ1v) is 6.42. The molecule has 0 saturated heterocycles. The fourth-order valence-electron chi connectivity index (χ4n) is 1.76. The zero-order valence-corrected chi connectivity index (χ0v) is 11.1. The van der Waals surface area contributed by atoms with Crippen LogP contribution < -0.4 is 5.32 Å². The largest absolute Gasteiger partial charge is 0.506 e. The maximum atomic E-state index is 11.7. The Hall–Kier alpha value is -1.94. The molecule has 0 aliphatic heterocycles. The third-order valence-corrected chi connectivity index (χ3v) is 2.95. The highest BCUT2D eigenvalue weighted by Gasteiger charge is 2.06. The first-order valence-electron chi connectivity index (χ1n) is 6.04. The van der Waals surface area contributed by atoms with Crippen LogP contribution in [0.3, 0.4) is 0 Å². The first-order chi connectivity index (χ1) is 9.15. The fraction of sp³-hybridized carbons (Fsp3) is 0.214. The highest BCUT2D eigenvalue weighted by Crippen LogP contribution is 2.26. The van der Waals surface area contributed by atoms with Crippen molar-refractivity contribution in [2.75, 3.05) is 5.32 Å². The van der Waals surface area contributed by atoms with Crippen LogP contribution in [0, 0.1) is 0 Å². The number of anilines is 1. The maximum absolute atomic E-state index is 11.7. The van der Waals surface area contributed by atoms with Gasteiger partial charge in [0.25, 0.3) is 0 Å². The summed E-state index contributed by atoms with van der Waals surface area (Å²) in [6, 6.07) is 8.45. The summed E-state index contributed by atoms with van der Waals surface area (Å²) >= 11 is 5.81. The highest BCUT2D eigenvalue weighted by molar-refractivity contribution is 6.31. The lowest BCUT2D eigenvalue weighted by Crippen LogP contribution is -2.12. The Balaban J connectivity index is 1.82. The van der Waals surface area contributed by atoms with Crippen molar-refractivity contribution in [2.45, 2.75) is 19.4 Å². The molecule has 19 heavy (non-hydrogen) atoms. The molecule has 0 fully saturated rings. The molecule has 100 valence electrons. The van der Waals surface area contributed by atoms with Gasteiger partial charge in [-0.15, -0.1) is 0 Å². The zero-order valence-electron chi connectivity index (χ0n) is 10.3. The maximum Gasteiger partial charge on any atom is 0.224 e. The predicted molar refractivity (Wildman–Crippen MR) is 75.4 cm³/mol. The number of nitrogens with one attached hydrogen (secondary N) is 1. The number of carbonyl (C=O) groups is 1. The molecule has 2 N–H and O–H groups in total. The van der Waals surface area contributed by atoms with E-state index in [0.29, 0.717) is 17.1 Å². The van der Waals surface area contributed by atoms with Gasteiger partial charge in [0.15, 0.2) is 0 Å². The lowest BCUT2D eigenvalue weighted by molar-refractivity contribution is -0.116. The van der Waals surface area contributed by atoms with Crippen molar-refractivity contribution in [2.24, 2.45) is 0 Å². The van der Waals surface area contributed by atoms with Crippen LogP contribution in [0.5, 0.6) is 5.75 Å². The standard InChI is InChI=1S/C14H15ClN2O2/c15-11-5-6-13(18)12(10-11)16-14(19)4-3-9-17-7-1-2-8-17/h1-2,5-8,10,18H,3-4,9H2,(H,16,19). The van der Waals surface area contributed by atoms with Crippen LogP contribution >= 0.6 is 11.6 Å². The summed E-state index contributed by atoms with van der Waals surface area (Å²) in [7, 11) is 0. The molecule has 2 rings (SSSR count). The van der Waals surface area contributed by atoms with Crippen LogP contribution in [0.4, 0.5) is 5.69 Å². The Morgan fingerprint density at radius 3 is 2.79 bits per heavy atom. The number of phenolic OH excluding ortho intramolecular Hbond substituents is 1. The summed E-state index contributed by atoms with van der Waals surface area (Å²) in [4.78, 5) is 11.7. The second-order valence-electron chi connectivity index (χ2n) is 4.23. The number of nitrogens with zero attached hydrogens (tertiary/aromatic N) is 1. The minimum atomic E-state index is -0.135. The van der Waals surface area contributed by atoms with Gasteiger partial charge < -0.3 is 15.0 Å². The molecule has 4 nitrogen and oxygen atoms in total. The Morgan fingerprint density at radius 2 is 2.05 bits per heavy atom. The van der Waals surface area contributed by atoms with Gasteiger partial charge in [0, 0.05) is 30.4 Å². The molecule has 2 aromatic rings. The average molecular weight is 279 g/mol. The molecule has 0 bridgehead atoms. The molecule has 0 unspecified atom stereocenters. The van der Waals surface area contributed by atoms with E-state index in [1.807, 2.05) is 29.1 Å². The molecule has 0 spiro atoms. The molecule has 1 aromatic carbocycles. The Labute approximate surface area is 116 Å². The van der Waals surface area contributed by atoms with Crippen molar-refractivity contribution in [1.29, 1.82) is 0 Å². The van der Waals surface area contributed by atoms with Crippen LogP contribution in [0.25, 0.3) is 0 Å². The van der Waals surface area contributed by atoms with Crippen molar-refractivity contribution < 1.29 is 9.90 Å². The van der Waals surface area contributed by atoms with Crippen molar-refractivity contribution >= 4 is 23.2 Å². The molecule has 0 radical (unpaired) electrons. The number of phenols is 1. The van der Waals surface area contributed by atoms with Gasteiger partial charge >= 0.3 is 0 Å². The number of amides is 1. The minimum Gasteiger partial charge on any atom is -0.506 e. The van der Waals surface area contributed by atoms with E-state index in [0.717, 1.165) is 13.0 Å². The van der Waals surface area contributed by atoms with E-state index in [1.165, 1.54) is 12.1 Å². The smallest absolute Gasteiger partial charge is 0.224 e. The molecule has 5 heteroatoms. The van der Waals surface area contributed by atoms with Crippen LogP contribution in [-0.4, -0.2) is 15.6 Å². The first kappa shape index (κ1) is 13.5. The van der Waals surface area contributed by atoms with Crippen LogP contribution in [0.1, 0.15) is 12.8 Å². The van der Waals surface area contributed by atoms with E-state index >= 15 is 0 Å². The molecular formula is C14H15ClN2O2. The summed E-state index contributed by atoms with van der Waals surface area (Å²) in [5.74, 6) is -0.118. The highest BCUT2D eigenvalue weighted by atomic mass is 35.5. The normalized spacial score (nSPS) is 10.4. The Kier molecular flexibility index (Phi) is 4.47. The number of hydrogen-bond acceptors (Lipinski definition) is 2. The lowest BCUT2D eigenvalue weighted by Gasteiger charge is -2.08. The van der Waals surface area contributed by atoms with Gasteiger partial charge in [0.1, 0.15) is 5.75 Å². The summed E-state index contributed by atoms with van der Waals surface area (Å²) in [5, 5.41) is 12.7. The van der Waals surface area contributed by atoms with E-state index < -0.39 is 0 Å². The number of rotatable bonds is 5. The number of carbonyl (C=O) groups excluding carboxylic acids is 1. The number of halogens is 1. The third kappa shape index (κ3) is 4.03. The molecular weight excluding hydrogens is 264 g/mol. The summed E-state index contributed by atoms with van der Waals surface area (Å²) in [5.41, 5.74) is 0.346. The minimum absolute atomic E-state index is 0.0168. The number of aromatic hydroxyl groups is 1. The van der Waals surface area contributed by atoms with Crippen molar-refractivity contribution in [3.63, 3.8) is 0 Å². The van der Waals surface area contributed by atoms with E-state index in [2.05, 4.69) is 5.32 Å². The quantitative estimate of drug-likeness (QED) is 0.825. The Bertz CT molecular complexity index is 553. The molecule has 0 atom stereocenters. The topological polar surface area (TPSA) is 54.3 Å². The summed E-state index contributed by atoms with van der Waals surface area (Å²) < 4.78 is 2.02. The van der Waals surface area contributed by atoms with E-state index in [4.69, 9.17) is 11.6 Å². The van der Waals surface area contributed by atoms with Crippen LogP contribution in [-0.2, 0) is 11.3 Å². The van der Waals surface area contributed by atoms with Gasteiger partial charge in [0.05, 0.1) is 5.69 Å².